The number of benzene rings is 1. The molecule has 0 bridgehead atoms. The molecule has 0 saturated heterocycles. The lowest BCUT2D eigenvalue weighted by molar-refractivity contribution is -0.165. The van der Waals surface area contributed by atoms with Gasteiger partial charge in [0.15, 0.2) is 0 Å². The third-order valence-corrected chi connectivity index (χ3v) is 3.12. The highest BCUT2D eigenvalue weighted by atomic mass is 79.9. The van der Waals surface area contributed by atoms with Gasteiger partial charge in [-0.25, -0.2) is 4.79 Å². The Morgan fingerprint density at radius 1 is 1.50 bits per heavy atom. The Bertz CT molecular complexity index is 586. The summed E-state index contributed by atoms with van der Waals surface area (Å²) in [6.45, 7) is 3.25. The Labute approximate surface area is 113 Å². The van der Waals surface area contributed by atoms with Gasteiger partial charge in [0.25, 0.3) is 0 Å². The minimum atomic E-state index is -1.78. The predicted molar refractivity (Wildman–Crippen MR) is 70.1 cm³/mol. The van der Waals surface area contributed by atoms with Crippen molar-refractivity contribution in [1.29, 1.82) is 0 Å². The molecule has 5 heteroatoms. The van der Waals surface area contributed by atoms with E-state index in [0.29, 0.717) is 5.58 Å². The SMILES string of the molecule is CCOC(=O)C(C)(O)c1cc2cc(Br)ccc2o1. The quantitative estimate of drug-likeness (QED) is 0.885. The van der Waals surface area contributed by atoms with Gasteiger partial charge in [-0.15, -0.1) is 0 Å². The number of rotatable bonds is 3. The predicted octanol–water partition coefficient (Wildman–Crippen LogP) is 2.97. The standard InChI is InChI=1S/C13H13BrO4/c1-3-17-12(15)13(2,16)11-7-8-6-9(14)4-5-10(8)18-11/h4-7,16H,3H2,1-2H3. The number of carbonyl (C=O) groups is 1. The average molecular weight is 313 g/mol. The maximum Gasteiger partial charge on any atom is 0.345 e. The number of esters is 1. The molecule has 1 unspecified atom stereocenters. The molecule has 0 amide bonds. The number of hydrogen-bond acceptors (Lipinski definition) is 4. The van der Waals surface area contributed by atoms with Gasteiger partial charge in [0.05, 0.1) is 6.61 Å². The normalized spacial score (nSPS) is 14.4. The van der Waals surface area contributed by atoms with Crippen molar-refractivity contribution in [3.05, 3.63) is 34.5 Å². The molecule has 96 valence electrons. The summed E-state index contributed by atoms with van der Waals surface area (Å²) < 4.78 is 11.2. The number of hydrogen-bond donors (Lipinski definition) is 1. The maximum atomic E-state index is 11.7. The zero-order valence-electron chi connectivity index (χ0n) is 10.1. The Kier molecular flexibility index (Phi) is 3.45. The molecule has 0 aliphatic heterocycles. The molecule has 0 saturated carbocycles. The second-order valence-corrected chi connectivity index (χ2v) is 5.00. The Morgan fingerprint density at radius 2 is 2.22 bits per heavy atom. The van der Waals surface area contributed by atoms with Crippen LogP contribution in [-0.4, -0.2) is 17.7 Å². The van der Waals surface area contributed by atoms with E-state index in [9.17, 15) is 9.90 Å². The molecule has 4 nitrogen and oxygen atoms in total. The largest absolute Gasteiger partial charge is 0.464 e. The third kappa shape index (κ3) is 2.28. The van der Waals surface area contributed by atoms with Crippen molar-refractivity contribution in [2.45, 2.75) is 19.4 Å². The minimum Gasteiger partial charge on any atom is -0.464 e. The van der Waals surface area contributed by atoms with E-state index >= 15 is 0 Å². The van der Waals surface area contributed by atoms with Gasteiger partial charge >= 0.3 is 5.97 Å². The lowest BCUT2D eigenvalue weighted by Crippen LogP contribution is -2.33. The molecule has 0 radical (unpaired) electrons. The first kappa shape index (κ1) is 13.1. The van der Waals surface area contributed by atoms with E-state index in [4.69, 9.17) is 9.15 Å². The smallest absolute Gasteiger partial charge is 0.345 e. The summed E-state index contributed by atoms with van der Waals surface area (Å²) in [5.74, 6) is -0.544. The zero-order valence-corrected chi connectivity index (χ0v) is 11.7. The van der Waals surface area contributed by atoms with Gasteiger partial charge in [0.1, 0.15) is 11.3 Å². The van der Waals surface area contributed by atoms with E-state index in [-0.39, 0.29) is 12.4 Å². The van der Waals surface area contributed by atoms with Gasteiger partial charge < -0.3 is 14.3 Å². The van der Waals surface area contributed by atoms with Gasteiger partial charge in [-0.2, -0.15) is 0 Å². The molecule has 18 heavy (non-hydrogen) atoms. The first-order valence-electron chi connectivity index (χ1n) is 5.54. The van der Waals surface area contributed by atoms with Crippen LogP contribution in [-0.2, 0) is 15.1 Å². The number of halogens is 1. The van der Waals surface area contributed by atoms with Crippen LogP contribution in [0.1, 0.15) is 19.6 Å². The van der Waals surface area contributed by atoms with Gasteiger partial charge in [0.2, 0.25) is 5.60 Å². The van der Waals surface area contributed by atoms with E-state index < -0.39 is 11.6 Å². The third-order valence-electron chi connectivity index (χ3n) is 2.63. The summed E-state index contributed by atoms with van der Waals surface area (Å²) in [5.41, 5.74) is -1.17. The van der Waals surface area contributed by atoms with E-state index in [1.54, 1.807) is 19.1 Å². The van der Waals surface area contributed by atoms with Gasteiger partial charge in [0, 0.05) is 9.86 Å². The van der Waals surface area contributed by atoms with Crippen LogP contribution in [0.4, 0.5) is 0 Å². The van der Waals surface area contributed by atoms with Crippen LogP contribution in [0.15, 0.2) is 33.2 Å². The Balaban J connectivity index is 2.44. The number of fused-ring (bicyclic) bond motifs is 1. The summed E-state index contributed by atoms with van der Waals surface area (Å²) >= 11 is 3.35. The van der Waals surface area contributed by atoms with Crippen molar-refractivity contribution >= 4 is 32.9 Å². The second kappa shape index (κ2) is 4.74. The van der Waals surface area contributed by atoms with Crippen molar-refractivity contribution in [3.63, 3.8) is 0 Å². The maximum absolute atomic E-state index is 11.7. The van der Waals surface area contributed by atoms with Gasteiger partial charge in [-0.3, -0.25) is 0 Å². The fraction of sp³-hybridized carbons (Fsp3) is 0.308. The van der Waals surface area contributed by atoms with Crippen molar-refractivity contribution in [1.82, 2.24) is 0 Å². The summed E-state index contributed by atoms with van der Waals surface area (Å²) in [7, 11) is 0. The average Bonchev–Trinajstić information content (AvgIpc) is 2.72. The van der Waals surface area contributed by atoms with E-state index in [1.165, 1.54) is 6.92 Å². The lowest BCUT2D eigenvalue weighted by atomic mass is 10.0. The second-order valence-electron chi connectivity index (χ2n) is 4.09. The van der Waals surface area contributed by atoms with Crippen molar-refractivity contribution in [3.8, 4) is 0 Å². The molecule has 2 rings (SSSR count). The summed E-state index contributed by atoms with van der Waals surface area (Å²) in [5, 5.41) is 11.0. The Hall–Kier alpha value is -1.33. The van der Waals surface area contributed by atoms with Crippen molar-refractivity contribution < 1.29 is 19.1 Å². The van der Waals surface area contributed by atoms with Crippen molar-refractivity contribution in [2.24, 2.45) is 0 Å². The fourth-order valence-corrected chi connectivity index (χ4v) is 2.01. The molecule has 0 spiro atoms. The molecule has 0 aliphatic carbocycles. The van der Waals surface area contributed by atoms with Crippen LogP contribution in [0.5, 0.6) is 0 Å². The summed E-state index contributed by atoms with van der Waals surface area (Å²) in [6, 6.07) is 7.08. The number of carbonyl (C=O) groups excluding carboxylic acids is 1. The van der Waals surface area contributed by atoms with E-state index in [0.717, 1.165) is 9.86 Å². The highest BCUT2D eigenvalue weighted by Crippen LogP contribution is 2.30. The van der Waals surface area contributed by atoms with Crippen LogP contribution < -0.4 is 0 Å². The number of aliphatic hydroxyl groups is 1. The molecule has 1 heterocycles. The van der Waals surface area contributed by atoms with Gasteiger partial charge in [-0.05, 0) is 38.1 Å². The zero-order chi connectivity index (χ0) is 13.3. The molecule has 2 aromatic rings. The van der Waals surface area contributed by atoms with E-state index in [1.807, 2.05) is 12.1 Å². The van der Waals surface area contributed by atoms with Crippen LogP contribution in [0, 0.1) is 0 Å². The van der Waals surface area contributed by atoms with Crippen LogP contribution in [0.3, 0.4) is 0 Å². The van der Waals surface area contributed by atoms with E-state index in [2.05, 4.69) is 15.9 Å². The summed E-state index contributed by atoms with van der Waals surface area (Å²) in [6.07, 6.45) is 0. The topological polar surface area (TPSA) is 59.7 Å². The molecule has 0 aliphatic rings. The molecular formula is C13H13BrO4. The monoisotopic (exact) mass is 312 g/mol. The van der Waals surface area contributed by atoms with Crippen molar-refractivity contribution in [2.75, 3.05) is 6.61 Å². The highest BCUT2D eigenvalue weighted by Gasteiger charge is 2.37. The van der Waals surface area contributed by atoms with Crippen LogP contribution in [0.25, 0.3) is 11.0 Å². The van der Waals surface area contributed by atoms with Crippen LogP contribution >= 0.6 is 15.9 Å². The van der Waals surface area contributed by atoms with Crippen LogP contribution in [0.2, 0.25) is 0 Å². The first-order valence-corrected chi connectivity index (χ1v) is 6.33. The molecule has 1 N–H and O–H groups in total. The highest BCUT2D eigenvalue weighted by molar-refractivity contribution is 9.10. The molecular weight excluding hydrogens is 300 g/mol. The molecule has 1 aromatic heterocycles. The fourth-order valence-electron chi connectivity index (χ4n) is 1.63. The first-order chi connectivity index (χ1) is 8.45. The summed E-state index contributed by atoms with van der Waals surface area (Å²) in [4.78, 5) is 11.7. The minimum absolute atomic E-state index is 0.175. The molecule has 1 atom stereocenters. The van der Waals surface area contributed by atoms with Gasteiger partial charge in [-0.1, -0.05) is 15.9 Å². The lowest BCUT2D eigenvalue weighted by Gasteiger charge is -2.17. The Morgan fingerprint density at radius 3 is 2.89 bits per heavy atom. The number of furan rings is 1. The molecule has 0 fully saturated rings. The molecule has 1 aromatic carbocycles. The number of ether oxygens (including phenoxy) is 1.